The van der Waals surface area contributed by atoms with Crippen LogP contribution in [0.1, 0.15) is 32.1 Å². The summed E-state index contributed by atoms with van der Waals surface area (Å²) in [5.41, 5.74) is -0.543. The van der Waals surface area contributed by atoms with Crippen molar-refractivity contribution in [3.05, 3.63) is 29.0 Å². The van der Waals surface area contributed by atoms with Gasteiger partial charge in [0.25, 0.3) is 5.91 Å². The SMILES string of the molecule is O=C(COc1ccc(Cl)c(F)c1)NC12CC(NCC(=O)C3CC(OC(F)(F)F)C3)(C1)C2. The Balaban J connectivity index is 1.12. The van der Waals surface area contributed by atoms with Crippen LogP contribution in [0.5, 0.6) is 5.75 Å². The zero-order valence-corrected chi connectivity index (χ0v) is 17.1. The van der Waals surface area contributed by atoms with Gasteiger partial charge in [-0.15, -0.1) is 13.2 Å². The first-order valence-corrected chi connectivity index (χ1v) is 10.3. The molecule has 1 aromatic rings. The third kappa shape index (κ3) is 4.96. The van der Waals surface area contributed by atoms with Crippen LogP contribution in [-0.2, 0) is 14.3 Å². The molecule has 4 fully saturated rings. The number of ether oxygens (including phenoxy) is 2. The Morgan fingerprint density at radius 2 is 1.84 bits per heavy atom. The van der Waals surface area contributed by atoms with Crippen LogP contribution in [0.2, 0.25) is 5.02 Å². The van der Waals surface area contributed by atoms with Crippen LogP contribution in [0.25, 0.3) is 0 Å². The summed E-state index contributed by atoms with van der Waals surface area (Å²) in [5.74, 6) is -1.29. The highest BCUT2D eigenvalue weighted by Gasteiger charge is 2.68. The van der Waals surface area contributed by atoms with Crippen LogP contribution in [-0.4, -0.2) is 48.4 Å². The van der Waals surface area contributed by atoms with Crippen LogP contribution in [0.3, 0.4) is 0 Å². The molecular formula is C20H21ClF4N2O4. The first kappa shape index (κ1) is 22.3. The highest BCUT2D eigenvalue weighted by Crippen LogP contribution is 2.60. The number of alkyl halides is 3. The summed E-state index contributed by atoms with van der Waals surface area (Å²) >= 11 is 5.60. The summed E-state index contributed by atoms with van der Waals surface area (Å²) < 4.78 is 59.0. The molecular weight excluding hydrogens is 444 g/mol. The van der Waals surface area contributed by atoms with Gasteiger partial charge >= 0.3 is 6.36 Å². The summed E-state index contributed by atoms with van der Waals surface area (Å²) in [6, 6.07) is 3.91. The van der Waals surface area contributed by atoms with E-state index >= 15 is 0 Å². The molecule has 0 unspecified atom stereocenters. The Bertz CT molecular complexity index is 869. The molecule has 31 heavy (non-hydrogen) atoms. The third-order valence-corrected chi connectivity index (χ3v) is 6.49. The average molecular weight is 465 g/mol. The van der Waals surface area contributed by atoms with Crippen molar-refractivity contribution in [2.75, 3.05) is 13.2 Å². The van der Waals surface area contributed by atoms with Gasteiger partial charge in [0.15, 0.2) is 6.61 Å². The number of Topliss-reactive ketones (excluding diaryl/α,β-unsaturated/α-hetero) is 1. The normalized spacial score (nSPS) is 31.1. The van der Waals surface area contributed by atoms with E-state index in [0.717, 1.165) is 6.07 Å². The van der Waals surface area contributed by atoms with Gasteiger partial charge in [-0.05, 0) is 44.2 Å². The molecule has 0 radical (unpaired) electrons. The van der Waals surface area contributed by atoms with Crippen molar-refractivity contribution in [1.29, 1.82) is 0 Å². The maximum Gasteiger partial charge on any atom is 0.522 e. The molecule has 4 aliphatic carbocycles. The van der Waals surface area contributed by atoms with Gasteiger partial charge in [-0.3, -0.25) is 14.3 Å². The predicted molar refractivity (Wildman–Crippen MR) is 101 cm³/mol. The minimum Gasteiger partial charge on any atom is -0.484 e. The van der Waals surface area contributed by atoms with Crippen molar-refractivity contribution in [3.63, 3.8) is 0 Å². The van der Waals surface area contributed by atoms with Gasteiger partial charge in [0.05, 0.1) is 17.7 Å². The molecule has 5 rings (SSSR count). The van der Waals surface area contributed by atoms with Gasteiger partial charge in [0.1, 0.15) is 17.3 Å². The van der Waals surface area contributed by atoms with E-state index in [4.69, 9.17) is 16.3 Å². The Morgan fingerprint density at radius 3 is 2.45 bits per heavy atom. The lowest BCUT2D eigenvalue weighted by molar-refractivity contribution is -0.353. The maximum absolute atomic E-state index is 13.4. The van der Waals surface area contributed by atoms with Gasteiger partial charge in [-0.1, -0.05) is 11.6 Å². The summed E-state index contributed by atoms with van der Waals surface area (Å²) in [6.07, 6.45) is -3.43. The number of ketones is 1. The van der Waals surface area contributed by atoms with Crippen LogP contribution in [0, 0.1) is 11.7 Å². The highest BCUT2D eigenvalue weighted by atomic mass is 35.5. The second-order valence-corrected chi connectivity index (χ2v) is 9.08. The van der Waals surface area contributed by atoms with Crippen molar-refractivity contribution >= 4 is 23.3 Å². The number of rotatable bonds is 9. The fourth-order valence-corrected chi connectivity index (χ4v) is 4.81. The van der Waals surface area contributed by atoms with Gasteiger partial charge in [-0.2, -0.15) is 0 Å². The molecule has 0 atom stereocenters. The largest absolute Gasteiger partial charge is 0.522 e. The molecule has 0 aliphatic heterocycles. The maximum atomic E-state index is 13.4. The van der Waals surface area contributed by atoms with E-state index in [1.807, 2.05) is 0 Å². The molecule has 0 saturated heterocycles. The predicted octanol–water partition coefficient (Wildman–Crippen LogP) is 3.12. The Kier molecular flexibility index (Phi) is 5.68. The van der Waals surface area contributed by atoms with Crippen LogP contribution >= 0.6 is 11.6 Å². The molecule has 1 amide bonds. The standard InChI is InChI=1S/C20H21ClF4N2O4/c21-14-2-1-12(5-15(14)22)30-7-17(29)27-19-8-18(9-19,10-19)26-6-16(28)11-3-13(4-11)31-20(23,24)25/h1-2,5,11,13,26H,3-4,6-10H2,(H,27,29). The lowest BCUT2D eigenvalue weighted by atomic mass is 9.44. The van der Waals surface area contributed by atoms with E-state index < -0.39 is 24.2 Å². The molecule has 0 heterocycles. The first-order valence-electron chi connectivity index (χ1n) is 9.88. The zero-order valence-electron chi connectivity index (χ0n) is 16.4. The van der Waals surface area contributed by atoms with Crippen LogP contribution in [0.4, 0.5) is 17.6 Å². The van der Waals surface area contributed by atoms with Crippen molar-refractivity contribution in [3.8, 4) is 5.75 Å². The number of halogens is 5. The molecule has 2 bridgehead atoms. The minimum absolute atomic E-state index is 0.0336. The minimum atomic E-state index is -4.67. The summed E-state index contributed by atoms with van der Waals surface area (Å²) in [5, 5.41) is 6.07. The Hall–Kier alpha value is -1.91. The van der Waals surface area contributed by atoms with E-state index in [9.17, 15) is 27.2 Å². The second-order valence-electron chi connectivity index (χ2n) is 8.68. The van der Waals surface area contributed by atoms with Crippen LogP contribution in [0.15, 0.2) is 18.2 Å². The van der Waals surface area contributed by atoms with Gasteiger partial charge in [0, 0.05) is 23.1 Å². The molecule has 6 nitrogen and oxygen atoms in total. The van der Waals surface area contributed by atoms with Gasteiger partial charge in [-0.25, -0.2) is 4.39 Å². The van der Waals surface area contributed by atoms with Crippen molar-refractivity contribution in [2.24, 2.45) is 5.92 Å². The van der Waals surface area contributed by atoms with E-state index in [2.05, 4.69) is 15.4 Å². The molecule has 4 aliphatic rings. The summed E-state index contributed by atoms with van der Waals surface area (Å²) in [7, 11) is 0. The Morgan fingerprint density at radius 1 is 1.16 bits per heavy atom. The number of hydrogen-bond donors (Lipinski definition) is 2. The highest BCUT2D eigenvalue weighted by molar-refractivity contribution is 6.30. The number of nitrogens with one attached hydrogen (secondary N) is 2. The Labute approximate surface area is 180 Å². The number of carbonyl (C=O) groups is 2. The van der Waals surface area contributed by atoms with E-state index in [1.165, 1.54) is 12.1 Å². The topological polar surface area (TPSA) is 76.7 Å². The van der Waals surface area contributed by atoms with Crippen molar-refractivity contribution in [2.45, 2.75) is 55.6 Å². The molecule has 0 spiro atoms. The van der Waals surface area contributed by atoms with E-state index in [0.29, 0.717) is 19.3 Å². The number of hydrogen-bond acceptors (Lipinski definition) is 5. The van der Waals surface area contributed by atoms with Crippen molar-refractivity contribution < 1.29 is 36.6 Å². The fourth-order valence-electron chi connectivity index (χ4n) is 4.69. The lowest BCUT2D eigenvalue weighted by Crippen LogP contribution is -2.83. The zero-order chi connectivity index (χ0) is 22.4. The fraction of sp³-hybridized carbons (Fsp3) is 0.600. The lowest BCUT2D eigenvalue weighted by Gasteiger charge is -2.70. The smallest absolute Gasteiger partial charge is 0.484 e. The molecule has 2 N–H and O–H groups in total. The third-order valence-electron chi connectivity index (χ3n) is 6.18. The first-order chi connectivity index (χ1) is 14.5. The van der Waals surface area contributed by atoms with Gasteiger partial charge < -0.3 is 15.4 Å². The van der Waals surface area contributed by atoms with Gasteiger partial charge in [0.2, 0.25) is 0 Å². The number of carbonyl (C=O) groups excluding carboxylic acids is 2. The number of amides is 1. The average Bonchev–Trinajstić information content (AvgIpc) is 2.58. The van der Waals surface area contributed by atoms with Crippen molar-refractivity contribution in [1.82, 2.24) is 10.6 Å². The molecule has 1 aromatic carbocycles. The summed E-state index contributed by atoms with van der Waals surface area (Å²) in [4.78, 5) is 24.3. The molecule has 0 aromatic heterocycles. The second kappa shape index (κ2) is 7.90. The molecule has 4 saturated carbocycles. The van der Waals surface area contributed by atoms with E-state index in [-0.39, 0.29) is 59.5 Å². The monoisotopic (exact) mass is 464 g/mol. The quantitative estimate of drug-likeness (QED) is 0.549. The van der Waals surface area contributed by atoms with E-state index in [1.54, 1.807) is 0 Å². The molecule has 170 valence electrons. The summed E-state index contributed by atoms with van der Waals surface area (Å²) in [6.45, 7) is -0.163. The number of benzene rings is 1. The van der Waals surface area contributed by atoms with Crippen LogP contribution < -0.4 is 15.4 Å². The molecule has 11 heteroatoms.